The van der Waals surface area contributed by atoms with Gasteiger partial charge in [-0.25, -0.2) is 0 Å². The highest BCUT2D eigenvalue weighted by Crippen LogP contribution is 2.60. The van der Waals surface area contributed by atoms with Gasteiger partial charge in [0.1, 0.15) is 0 Å². The van der Waals surface area contributed by atoms with Gasteiger partial charge in [0.2, 0.25) is 0 Å². The summed E-state index contributed by atoms with van der Waals surface area (Å²) >= 11 is 0. The molecule has 1 spiro atoms. The van der Waals surface area contributed by atoms with Crippen LogP contribution in [0.5, 0.6) is 0 Å². The Morgan fingerprint density at radius 2 is 1.70 bits per heavy atom. The summed E-state index contributed by atoms with van der Waals surface area (Å²) in [6, 6.07) is 10.8. The minimum Gasteiger partial charge on any atom is -0.465 e. The summed E-state index contributed by atoms with van der Waals surface area (Å²) in [5.41, 5.74) is 0.189. The lowest BCUT2D eigenvalue weighted by Gasteiger charge is -2.43. The van der Waals surface area contributed by atoms with Crippen LogP contribution in [0.4, 0.5) is 0 Å². The summed E-state index contributed by atoms with van der Waals surface area (Å²) in [5, 5.41) is 0. The lowest BCUT2D eigenvalue weighted by molar-refractivity contribution is -0.176. The monoisotopic (exact) mass is 369 g/mol. The van der Waals surface area contributed by atoms with Crippen molar-refractivity contribution >= 4 is 11.9 Å². The van der Waals surface area contributed by atoms with Gasteiger partial charge in [0.25, 0.3) is 0 Å². The number of ether oxygens (including phenoxy) is 2. The van der Waals surface area contributed by atoms with Crippen LogP contribution in [0.3, 0.4) is 0 Å². The highest BCUT2D eigenvalue weighted by atomic mass is 16.6. The molecule has 4 atom stereocenters. The van der Waals surface area contributed by atoms with Crippen LogP contribution in [0.2, 0.25) is 0 Å². The lowest BCUT2D eigenvalue weighted by Crippen LogP contribution is -2.51. The first-order valence-electron chi connectivity index (χ1n) is 9.92. The van der Waals surface area contributed by atoms with Gasteiger partial charge >= 0.3 is 11.9 Å². The van der Waals surface area contributed by atoms with Gasteiger partial charge in [-0.2, -0.15) is 0 Å². The Bertz CT molecular complexity index is 741. The molecule has 2 heterocycles. The van der Waals surface area contributed by atoms with Gasteiger partial charge in [-0.1, -0.05) is 42.5 Å². The Morgan fingerprint density at radius 3 is 2.33 bits per heavy atom. The zero-order valence-electron chi connectivity index (χ0n) is 16.0. The molecule has 144 valence electrons. The van der Waals surface area contributed by atoms with Crippen LogP contribution < -0.4 is 0 Å². The Kier molecular flexibility index (Phi) is 4.58. The van der Waals surface area contributed by atoms with E-state index in [4.69, 9.17) is 9.47 Å². The van der Waals surface area contributed by atoms with Crippen molar-refractivity contribution in [1.82, 2.24) is 4.90 Å². The molecule has 3 aliphatic rings. The normalized spacial score (nSPS) is 32.7. The highest BCUT2D eigenvalue weighted by molar-refractivity contribution is 6.00. The summed E-state index contributed by atoms with van der Waals surface area (Å²) in [6.45, 7) is 5.09. The standard InChI is InChI=1S/C22H27NO4/c1-3-26-19(24)21(20(25)27-4-2)12-13-22-15-23(22)18(11-10-17(22)14-21)16-8-6-5-7-9-16/h5-11,17-18H,3-4,12-15H2,1-2H3/t17-,18?,22+,23?/m1/s1. The number of carbonyl (C=O) groups excluding carboxylic acids is 2. The number of hydrogen-bond donors (Lipinski definition) is 0. The van der Waals surface area contributed by atoms with E-state index in [-0.39, 0.29) is 30.7 Å². The quantitative estimate of drug-likeness (QED) is 0.345. The van der Waals surface area contributed by atoms with Gasteiger partial charge in [0, 0.05) is 12.1 Å². The minimum absolute atomic E-state index is 0.0672. The predicted octanol–water partition coefficient (Wildman–Crippen LogP) is 3.26. The van der Waals surface area contributed by atoms with E-state index in [0.29, 0.717) is 12.8 Å². The van der Waals surface area contributed by atoms with E-state index in [2.05, 4.69) is 41.3 Å². The molecule has 1 aromatic carbocycles. The molecule has 4 rings (SSSR count). The van der Waals surface area contributed by atoms with Crippen LogP contribution in [-0.4, -0.2) is 42.1 Å². The fourth-order valence-electron chi connectivity index (χ4n) is 4.99. The molecule has 1 saturated carbocycles. The minimum atomic E-state index is -1.17. The zero-order chi connectivity index (χ0) is 19.1. The fourth-order valence-corrected chi connectivity index (χ4v) is 4.99. The first-order chi connectivity index (χ1) is 13.1. The first kappa shape index (κ1) is 18.2. The van der Waals surface area contributed by atoms with Gasteiger partial charge in [0.15, 0.2) is 5.41 Å². The van der Waals surface area contributed by atoms with E-state index in [1.807, 2.05) is 6.07 Å². The van der Waals surface area contributed by atoms with Crippen LogP contribution in [-0.2, 0) is 19.1 Å². The number of nitrogens with zero attached hydrogens (tertiary/aromatic N) is 1. The van der Waals surface area contributed by atoms with Gasteiger partial charge < -0.3 is 9.47 Å². The molecular formula is C22H27NO4. The predicted molar refractivity (Wildman–Crippen MR) is 101 cm³/mol. The molecule has 0 N–H and O–H groups in total. The first-order valence-corrected chi connectivity index (χ1v) is 9.92. The Labute approximate surface area is 160 Å². The Morgan fingerprint density at radius 1 is 1.04 bits per heavy atom. The number of carbonyl (C=O) groups is 2. The molecule has 2 aliphatic heterocycles. The summed E-state index contributed by atoms with van der Waals surface area (Å²) in [7, 11) is 0. The van der Waals surface area contributed by atoms with Crippen LogP contribution >= 0.6 is 0 Å². The largest absolute Gasteiger partial charge is 0.465 e. The molecule has 27 heavy (non-hydrogen) atoms. The highest BCUT2D eigenvalue weighted by Gasteiger charge is 2.67. The molecule has 0 radical (unpaired) electrons. The fraction of sp³-hybridized carbons (Fsp3) is 0.545. The maximum atomic E-state index is 12.8. The topological polar surface area (TPSA) is 55.6 Å². The van der Waals surface area contributed by atoms with Gasteiger partial charge in [-0.3, -0.25) is 14.5 Å². The van der Waals surface area contributed by atoms with Crippen molar-refractivity contribution in [3.05, 3.63) is 48.0 Å². The maximum Gasteiger partial charge on any atom is 0.323 e. The van der Waals surface area contributed by atoms with Gasteiger partial charge in [-0.05, 0) is 44.6 Å². The molecule has 2 unspecified atom stereocenters. The second kappa shape index (κ2) is 6.79. The molecule has 5 heteroatoms. The third-order valence-corrected chi connectivity index (χ3v) is 6.49. The molecule has 0 bridgehead atoms. The second-order valence-electron chi connectivity index (χ2n) is 7.81. The average molecular weight is 369 g/mol. The van der Waals surface area contributed by atoms with E-state index in [1.165, 1.54) is 5.56 Å². The third-order valence-electron chi connectivity index (χ3n) is 6.49. The molecule has 1 saturated heterocycles. The smallest absolute Gasteiger partial charge is 0.323 e. The third kappa shape index (κ3) is 2.80. The molecule has 0 amide bonds. The number of rotatable bonds is 5. The van der Waals surface area contributed by atoms with Gasteiger partial charge in [0.05, 0.1) is 19.3 Å². The summed E-state index contributed by atoms with van der Waals surface area (Å²) < 4.78 is 10.6. The molecular weight excluding hydrogens is 342 g/mol. The van der Waals surface area contributed by atoms with Crippen LogP contribution in [0.15, 0.2) is 42.5 Å². The number of benzene rings is 1. The van der Waals surface area contributed by atoms with Gasteiger partial charge in [-0.15, -0.1) is 0 Å². The summed E-state index contributed by atoms with van der Waals surface area (Å²) in [6.07, 6.45) is 6.21. The van der Waals surface area contributed by atoms with E-state index in [9.17, 15) is 9.59 Å². The van der Waals surface area contributed by atoms with Crippen molar-refractivity contribution in [2.45, 2.75) is 44.7 Å². The van der Waals surface area contributed by atoms with E-state index >= 15 is 0 Å². The van der Waals surface area contributed by atoms with E-state index in [1.54, 1.807) is 13.8 Å². The summed E-state index contributed by atoms with van der Waals surface area (Å²) in [5.74, 6) is -0.687. The van der Waals surface area contributed by atoms with Crippen molar-refractivity contribution in [1.29, 1.82) is 0 Å². The van der Waals surface area contributed by atoms with Crippen LogP contribution in [0, 0.1) is 11.3 Å². The van der Waals surface area contributed by atoms with E-state index in [0.717, 1.165) is 13.0 Å². The van der Waals surface area contributed by atoms with Crippen molar-refractivity contribution in [2.75, 3.05) is 19.8 Å². The maximum absolute atomic E-state index is 12.8. The average Bonchev–Trinajstić information content (AvgIpc) is 3.42. The molecule has 2 fully saturated rings. The van der Waals surface area contributed by atoms with Crippen molar-refractivity contribution in [2.24, 2.45) is 11.3 Å². The van der Waals surface area contributed by atoms with Crippen LogP contribution in [0.25, 0.3) is 0 Å². The van der Waals surface area contributed by atoms with E-state index < -0.39 is 17.4 Å². The Hall–Kier alpha value is -2.14. The number of esters is 2. The van der Waals surface area contributed by atoms with Crippen LogP contribution in [0.1, 0.15) is 44.7 Å². The molecule has 0 aromatic heterocycles. The van der Waals surface area contributed by atoms with Crippen molar-refractivity contribution in [3.63, 3.8) is 0 Å². The van der Waals surface area contributed by atoms with Crippen molar-refractivity contribution in [3.8, 4) is 0 Å². The second-order valence-corrected chi connectivity index (χ2v) is 7.81. The van der Waals surface area contributed by atoms with Crippen molar-refractivity contribution < 1.29 is 19.1 Å². The molecule has 1 aromatic rings. The molecule has 5 nitrogen and oxygen atoms in total. The number of hydrogen-bond acceptors (Lipinski definition) is 5. The summed E-state index contributed by atoms with van der Waals surface area (Å²) in [4.78, 5) is 28.0. The SMILES string of the molecule is CCOC(=O)C1(C(=O)OCC)CC[C@@]23CN2C(c2ccccc2)C=C[C@@H]3C1. The Balaban J connectivity index is 1.61. The lowest BCUT2D eigenvalue weighted by atomic mass is 9.63. The zero-order valence-corrected chi connectivity index (χ0v) is 16.0. The molecule has 1 aliphatic carbocycles.